The van der Waals surface area contributed by atoms with Gasteiger partial charge < -0.3 is 10.8 Å². The van der Waals surface area contributed by atoms with Gasteiger partial charge in [0.2, 0.25) is 11.0 Å². The quantitative estimate of drug-likeness (QED) is 0.613. The Bertz CT molecular complexity index is 408. The lowest BCUT2D eigenvalue weighted by Crippen LogP contribution is -2.31. The average molecular weight is 178 g/mol. The lowest BCUT2D eigenvalue weighted by atomic mass is 10.3. The van der Waals surface area contributed by atoms with E-state index in [2.05, 4.69) is 9.79 Å². The van der Waals surface area contributed by atoms with Gasteiger partial charge in [-0.15, -0.1) is 0 Å². The third-order valence-electron chi connectivity index (χ3n) is 1.60. The molecule has 1 heterocycles. The zero-order valence-corrected chi connectivity index (χ0v) is 6.71. The molecule has 0 aliphatic heterocycles. The second-order valence-corrected chi connectivity index (χ2v) is 2.57. The van der Waals surface area contributed by atoms with Gasteiger partial charge >= 0.3 is 0 Å². The molecule has 13 heavy (non-hydrogen) atoms. The fraction of sp³-hybridized carbons (Fsp3) is 0. The topological polar surface area (TPSA) is 76.2 Å². The van der Waals surface area contributed by atoms with Crippen LogP contribution in [0.1, 0.15) is 0 Å². The number of aromatic nitrogens is 2. The minimum atomic E-state index is 0.209. The Morgan fingerprint density at radius 1 is 1.31 bits per heavy atom. The third kappa shape index (κ3) is 1.44. The summed E-state index contributed by atoms with van der Waals surface area (Å²) in [5.74, 6) is 0.453. The second-order valence-electron chi connectivity index (χ2n) is 2.57. The summed E-state index contributed by atoms with van der Waals surface area (Å²) < 4.78 is 6.16. The lowest BCUT2D eigenvalue weighted by molar-refractivity contribution is -0.670. The molecule has 1 aromatic heterocycles. The van der Waals surface area contributed by atoms with Gasteiger partial charge in [-0.05, 0) is 16.8 Å². The summed E-state index contributed by atoms with van der Waals surface area (Å²) in [5, 5.41) is 12.7. The Balaban J connectivity index is 2.41. The summed E-state index contributed by atoms with van der Waals surface area (Å²) in [7, 11) is 0. The summed E-state index contributed by atoms with van der Waals surface area (Å²) in [6, 6.07) is 6.54. The van der Waals surface area contributed by atoms with Gasteiger partial charge in [-0.3, -0.25) is 4.52 Å². The highest BCUT2D eigenvalue weighted by molar-refractivity contribution is 5.30. The number of nitrogens with two attached hydrogens (primary N) is 1. The first kappa shape index (κ1) is 7.60. The molecule has 0 amide bonds. The fourth-order valence-electron chi connectivity index (χ4n) is 0.986. The fourth-order valence-corrected chi connectivity index (χ4v) is 0.986. The number of phenols is 1. The molecule has 2 aromatic rings. The molecule has 5 heteroatoms. The van der Waals surface area contributed by atoms with Crippen molar-refractivity contribution in [3.63, 3.8) is 0 Å². The molecule has 0 radical (unpaired) electrons. The van der Waals surface area contributed by atoms with Crippen LogP contribution in [0.25, 0.3) is 5.69 Å². The summed E-state index contributed by atoms with van der Waals surface area (Å²) in [6.45, 7) is 0. The highest BCUT2D eigenvalue weighted by Crippen LogP contribution is 2.09. The first-order valence-electron chi connectivity index (χ1n) is 3.69. The zero-order valence-electron chi connectivity index (χ0n) is 6.71. The van der Waals surface area contributed by atoms with Gasteiger partial charge in [0, 0.05) is 12.1 Å². The van der Waals surface area contributed by atoms with Crippen LogP contribution in [0, 0.1) is 0 Å². The predicted octanol–water partition coefficient (Wildman–Crippen LogP) is 0.239. The molecule has 2 rings (SSSR count). The average Bonchev–Trinajstić information content (AvgIpc) is 2.53. The molecular weight excluding hydrogens is 170 g/mol. The predicted molar refractivity (Wildman–Crippen MR) is 44.1 cm³/mol. The van der Waals surface area contributed by atoms with Crippen LogP contribution in [-0.4, -0.2) is 10.4 Å². The van der Waals surface area contributed by atoms with E-state index in [1.54, 1.807) is 30.5 Å². The van der Waals surface area contributed by atoms with Gasteiger partial charge in [0.05, 0.1) is 0 Å². The van der Waals surface area contributed by atoms with Crippen molar-refractivity contribution >= 4 is 5.88 Å². The van der Waals surface area contributed by atoms with Crippen LogP contribution in [0.2, 0.25) is 0 Å². The molecule has 0 aliphatic rings. The number of nitrogen functional groups attached to an aromatic ring is 1. The Kier molecular flexibility index (Phi) is 1.63. The molecule has 1 aromatic carbocycles. The van der Waals surface area contributed by atoms with Crippen molar-refractivity contribution in [3.8, 4) is 11.4 Å². The molecule has 0 aliphatic carbocycles. The smallest absolute Gasteiger partial charge is 0.293 e. The molecule has 0 atom stereocenters. The number of hydrogen-bond donors (Lipinski definition) is 2. The van der Waals surface area contributed by atoms with Gasteiger partial charge in [-0.25, -0.2) is 0 Å². The van der Waals surface area contributed by atoms with E-state index in [1.165, 1.54) is 4.68 Å². The standard InChI is InChI=1S/C8H7N3O2/c9-8-5-11(10-13-8)6-1-3-7(12)4-2-6/h1-5H,(H2-,9,10,12)/p+1. The summed E-state index contributed by atoms with van der Waals surface area (Å²) in [5.41, 5.74) is 6.12. The van der Waals surface area contributed by atoms with Crippen LogP contribution >= 0.6 is 0 Å². The largest absolute Gasteiger partial charge is 0.508 e. The summed E-state index contributed by atoms with van der Waals surface area (Å²) in [4.78, 5) is 0. The number of aromatic hydroxyl groups is 1. The number of phenolic OH excluding ortho intramolecular Hbond substituents is 1. The van der Waals surface area contributed by atoms with Crippen molar-refractivity contribution in [3.05, 3.63) is 30.5 Å². The lowest BCUT2D eigenvalue weighted by Gasteiger charge is -1.88. The SMILES string of the molecule is Nc1c[n+](-c2ccc(O)cc2)no1. The Morgan fingerprint density at radius 3 is 2.54 bits per heavy atom. The van der Waals surface area contributed by atoms with E-state index in [9.17, 15) is 0 Å². The molecule has 0 bridgehead atoms. The first-order valence-corrected chi connectivity index (χ1v) is 3.69. The maximum atomic E-state index is 9.03. The molecule has 0 fully saturated rings. The van der Waals surface area contributed by atoms with Gasteiger partial charge in [0.15, 0.2) is 0 Å². The van der Waals surface area contributed by atoms with E-state index in [-0.39, 0.29) is 11.6 Å². The monoisotopic (exact) mass is 178 g/mol. The number of nitrogens with zero attached hydrogens (tertiary/aromatic N) is 2. The Labute approximate surface area is 74.0 Å². The van der Waals surface area contributed by atoms with Crippen LogP contribution in [-0.2, 0) is 0 Å². The van der Waals surface area contributed by atoms with Crippen molar-refractivity contribution in [2.24, 2.45) is 0 Å². The first-order chi connectivity index (χ1) is 6.25. The van der Waals surface area contributed by atoms with E-state index in [0.717, 1.165) is 5.69 Å². The van der Waals surface area contributed by atoms with Crippen LogP contribution < -0.4 is 10.4 Å². The number of anilines is 1. The van der Waals surface area contributed by atoms with E-state index in [4.69, 9.17) is 10.8 Å². The summed E-state index contributed by atoms with van der Waals surface area (Å²) in [6.07, 6.45) is 1.55. The van der Waals surface area contributed by atoms with Gasteiger partial charge in [0.1, 0.15) is 5.75 Å². The molecular formula is C8H8N3O2+. The van der Waals surface area contributed by atoms with E-state index in [0.29, 0.717) is 0 Å². The molecule has 66 valence electrons. The highest BCUT2D eigenvalue weighted by atomic mass is 16.5. The van der Waals surface area contributed by atoms with Crippen LogP contribution in [0.5, 0.6) is 5.75 Å². The zero-order chi connectivity index (χ0) is 9.26. The van der Waals surface area contributed by atoms with Crippen molar-refractivity contribution in [1.82, 2.24) is 5.27 Å². The molecule has 0 spiro atoms. The van der Waals surface area contributed by atoms with Crippen LogP contribution in [0.4, 0.5) is 5.88 Å². The van der Waals surface area contributed by atoms with Crippen molar-refractivity contribution < 1.29 is 14.3 Å². The number of hydrogen-bond acceptors (Lipinski definition) is 4. The maximum Gasteiger partial charge on any atom is 0.293 e. The third-order valence-corrected chi connectivity index (χ3v) is 1.60. The molecule has 0 saturated heterocycles. The van der Waals surface area contributed by atoms with E-state index < -0.39 is 0 Å². The number of benzene rings is 1. The minimum Gasteiger partial charge on any atom is -0.508 e. The second kappa shape index (κ2) is 2.78. The maximum absolute atomic E-state index is 9.03. The highest BCUT2D eigenvalue weighted by Gasteiger charge is 2.11. The van der Waals surface area contributed by atoms with Crippen molar-refractivity contribution in [2.75, 3.05) is 5.73 Å². The molecule has 0 unspecified atom stereocenters. The Morgan fingerprint density at radius 2 is 2.00 bits per heavy atom. The summed E-state index contributed by atoms with van der Waals surface area (Å²) >= 11 is 0. The van der Waals surface area contributed by atoms with Gasteiger partial charge in [-0.1, -0.05) is 0 Å². The Hall–Kier alpha value is -2.04. The van der Waals surface area contributed by atoms with Crippen molar-refractivity contribution in [2.45, 2.75) is 0 Å². The van der Waals surface area contributed by atoms with Crippen molar-refractivity contribution in [1.29, 1.82) is 0 Å². The van der Waals surface area contributed by atoms with Gasteiger partial charge in [-0.2, -0.15) is 0 Å². The minimum absolute atomic E-state index is 0.209. The number of rotatable bonds is 1. The normalized spacial score (nSPS) is 10.2. The van der Waals surface area contributed by atoms with Crippen LogP contribution in [0.15, 0.2) is 35.0 Å². The van der Waals surface area contributed by atoms with Crippen LogP contribution in [0.3, 0.4) is 0 Å². The molecule has 5 nitrogen and oxygen atoms in total. The molecule has 0 saturated carbocycles. The van der Waals surface area contributed by atoms with E-state index >= 15 is 0 Å². The van der Waals surface area contributed by atoms with E-state index in [1.807, 2.05) is 0 Å². The van der Waals surface area contributed by atoms with Gasteiger partial charge in [0.25, 0.3) is 12.1 Å². The molecule has 3 N–H and O–H groups in total.